The lowest BCUT2D eigenvalue weighted by Crippen LogP contribution is -2.57. The fourth-order valence-electron chi connectivity index (χ4n) is 4.63. The van der Waals surface area contributed by atoms with E-state index in [1.807, 2.05) is 28.0 Å². The van der Waals surface area contributed by atoms with Gasteiger partial charge in [0.15, 0.2) is 0 Å². The van der Waals surface area contributed by atoms with E-state index in [-0.39, 0.29) is 17.9 Å². The molecule has 0 aliphatic carbocycles. The molecule has 0 N–H and O–H groups in total. The molecule has 2 atom stereocenters. The standard InChI is InChI=1S/C20H27N3O2/c1-15-13-21-11-4-6-17(21)14-23(15)20(25)10-12-22-18-7-3-2-5-16(18)8-9-19(22)24/h2-3,5,7,15,17H,4,6,8-14H2,1H3. The number of piperazine rings is 1. The number of benzene rings is 1. The van der Waals surface area contributed by atoms with Gasteiger partial charge in [-0.05, 0) is 44.4 Å². The summed E-state index contributed by atoms with van der Waals surface area (Å²) in [7, 11) is 0. The number of carbonyl (C=O) groups excluding carboxylic acids is 2. The van der Waals surface area contributed by atoms with Gasteiger partial charge in [-0.1, -0.05) is 18.2 Å². The molecular formula is C20H27N3O2. The minimum atomic E-state index is 0.139. The maximum Gasteiger partial charge on any atom is 0.227 e. The summed E-state index contributed by atoms with van der Waals surface area (Å²) in [6.45, 7) is 5.66. The van der Waals surface area contributed by atoms with E-state index in [1.165, 1.54) is 24.9 Å². The number of anilines is 1. The van der Waals surface area contributed by atoms with Crippen LogP contribution in [0.5, 0.6) is 0 Å². The smallest absolute Gasteiger partial charge is 0.227 e. The molecule has 5 heteroatoms. The summed E-state index contributed by atoms with van der Waals surface area (Å²) in [4.78, 5) is 31.6. The Morgan fingerprint density at radius 2 is 2.04 bits per heavy atom. The summed E-state index contributed by atoms with van der Waals surface area (Å²) < 4.78 is 0. The van der Waals surface area contributed by atoms with Crippen LogP contribution in [0.2, 0.25) is 0 Å². The van der Waals surface area contributed by atoms with E-state index < -0.39 is 0 Å². The van der Waals surface area contributed by atoms with Crippen LogP contribution in [0.25, 0.3) is 0 Å². The second-order valence-electron chi connectivity index (χ2n) is 7.61. The first kappa shape index (κ1) is 16.6. The molecule has 1 aromatic carbocycles. The van der Waals surface area contributed by atoms with Crippen LogP contribution in [0.15, 0.2) is 24.3 Å². The van der Waals surface area contributed by atoms with Gasteiger partial charge in [-0.3, -0.25) is 14.5 Å². The molecule has 1 aromatic rings. The molecule has 0 radical (unpaired) electrons. The molecule has 4 rings (SSSR count). The molecule has 134 valence electrons. The molecule has 2 amide bonds. The van der Waals surface area contributed by atoms with Gasteiger partial charge in [0.2, 0.25) is 11.8 Å². The van der Waals surface area contributed by atoms with Gasteiger partial charge in [0, 0.05) is 50.2 Å². The summed E-state index contributed by atoms with van der Waals surface area (Å²) in [6.07, 6.45) is 4.21. The second-order valence-corrected chi connectivity index (χ2v) is 7.61. The molecule has 0 aromatic heterocycles. The minimum absolute atomic E-state index is 0.139. The van der Waals surface area contributed by atoms with Gasteiger partial charge in [0.25, 0.3) is 0 Å². The van der Waals surface area contributed by atoms with Crippen LogP contribution in [0, 0.1) is 0 Å². The molecule has 25 heavy (non-hydrogen) atoms. The average Bonchev–Trinajstić information content (AvgIpc) is 3.07. The first-order valence-electron chi connectivity index (χ1n) is 9.55. The summed E-state index contributed by atoms with van der Waals surface area (Å²) >= 11 is 0. The number of hydrogen-bond donors (Lipinski definition) is 0. The molecule has 0 saturated carbocycles. The van der Waals surface area contributed by atoms with Crippen LogP contribution >= 0.6 is 0 Å². The first-order chi connectivity index (χ1) is 12.1. The molecule has 3 heterocycles. The van der Waals surface area contributed by atoms with E-state index in [1.54, 1.807) is 0 Å². The van der Waals surface area contributed by atoms with E-state index in [0.717, 1.165) is 25.2 Å². The fourth-order valence-corrected chi connectivity index (χ4v) is 4.63. The zero-order chi connectivity index (χ0) is 17.4. The van der Waals surface area contributed by atoms with E-state index in [0.29, 0.717) is 25.4 Å². The van der Waals surface area contributed by atoms with E-state index in [9.17, 15) is 9.59 Å². The van der Waals surface area contributed by atoms with Gasteiger partial charge in [-0.15, -0.1) is 0 Å². The predicted molar refractivity (Wildman–Crippen MR) is 97.5 cm³/mol. The minimum Gasteiger partial charge on any atom is -0.337 e. The second kappa shape index (κ2) is 6.79. The zero-order valence-corrected chi connectivity index (χ0v) is 15.0. The Balaban J connectivity index is 1.41. The van der Waals surface area contributed by atoms with E-state index in [2.05, 4.69) is 17.9 Å². The topological polar surface area (TPSA) is 43.9 Å². The van der Waals surface area contributed by atoms with Crippen LogP contribution in [-0.4, -0.2) is 59.9 Å². The molecule has 3 aliphatic heterocycles. The Labute approximate surface area is 149 Å². The fraction of sp³-hybridized carbons (Fsp3) is 0.600. The Morgan fingerprint density at radius 3 is 2.92 bits per heavy atom. The van der Waals surface area contributed by atoms with Gasteiger partial charge in [-0.25, -0.2) is 0 Å². The lowest BCUT2D eigenvalue weighted by Gasteiger charge is -2.42. The van der Waals surface area contributed by atoms with Gasteiger partial charge in [-0.2, -0.15) is 0 Å². The molecular weight excluding hydrogens is 314 g/mol. The van der Waals surface area contributed by atoms with Crippen molar-refractivity contribution in [3.05, 3.63) is 29.8 Å². The van der Waals surface area contributed by atoms with Crippen LogP contribution in [0.3, 0.4) is 0 Å². The number of fused-ring (bicyclic) bond motifs is 2. The normalized spacial score (nSPS) is 26.5. The van der Waals surface area contributed by atoms with E-state index in [4.69, 9.17) is 0 Å². The summed E-state index contributed by atoms with van der Waals surface area (Å²) in [5.74, 6) is 0.329. The van der Waals surface area contributed by atoms with Crippen molar-refractivity contribution < 1.29 is 9.59 Å². The first-order valence-corrected chi connectivity index (χ1v) is 9.55. The number of nitrogens with zero attached hydrogens (tertiary/aromatic N) is 3. The molecule has 2 unspecified atom stereocenters. The van der Waals surface area contributed by atoms with Crippen LogP contribution < -0.4 is 4.90 Å². The molecule has 2 saturated heterocycles. The number of rotatable bonds is 3. The van der Waals surface area contributed by atoms with Crippen molar-refractivity contribution in [3.63, 3.8) is 0 Å². The summed E-state index contributed by atoms with van der Waals surface area (Å²) in [6, 6.07) is 8.87. The third-order valence-electron chi connectivity index (χ3n) is 6.00. The zero-order valence-electron chi connectivity index (χ0n) is 15.0. The Kier molecular flexibility index (Phi) is 4.50. The average molecular weight is 341 g/mol. The van der Waals surface area contributed by atoms with Gasteiger partial charge >= 0.3 is 0 Å². The third-order valence-corrected chi connectivity index (χ3v) is 6.00. The number of hydrogen-bond acceptors (Lipinski definition) is 3. The van der Waals surface area contributed by atoms with Crippen molar-refractivity contribution >= 4 is 17.5 Å². The molecule has 0 spiro atoms. The number of amides is 2. The van der Waals surface area contributed by atoms with Crippen molar-refractivity contribution in [2.75, 3.05) is 31.1 Å². The lowest BCUT2D eigenvalue weighted by atomic mass is 10.0. The maximum atomic E-state index is 12.8. The van der Waals surface area contributed by atoms with Crippen LogP contribution in [0.1, 0.15) is 38.2 Å². The number of carbonyl (C=O) groups is 2. The highest BCUT2D eigenvalue weighted by Crippen LogP contribution is 2.28. The van der Waals surface area contributed by atoms with E-state index >= 15 is 0 Å². The predicted octanol–water partition coefficient (Wildman–Crippen LogP) is 2.05. The Hall–Kier alpha value is -1.88. The maximum absolute atomic E-state index is 12.8. The number of para-hydroxylation sites is 1. The molecule has 2 fully saturated rings. The van der Waals surface area contributed by atoms with Gasteiger partial charge in [0.1, 0.15) is 0 Å². The highest BCUT2D eigenvalue weighted by molar-refractivity contribution is 5.97. The molecule has 5 nitrogen and oxygen atoms in total. The van der Waals surface area contributed by atoms with Crippen molar-refractivity contribution in [2.24, 2.45) is 0 Å². The van der Waals surface area contributed by atoms with Crippen LogP contribution in [0.4, 0.5) is 5.69 Å². The monoisotopic (exact) mass is 341 g/mol. The van der Waals surface area contributed by atoms with Gasteiger partial charge < -0.3 is 9.80 Å². The molecule has 0 bridgehead atoms. The SMILES string of the molecule is CC1CN2CCCC2CN1C(=O)CCN1C(=O)CCc2ccccc21. The van der Waals surface area contributed by atoms with Crippen molar-refractivity contribution in [1.29, 1.82) is 0 Å². The highest BCUT2D eigenvalue weighted by Gasteiger charge is 2.36. The van der Waals surface area contributed by atoms with Gasteiger partial charge in [0.05, 0.1) is 0 Å². The quantitative estimate of drug-likeness (QED) is 0.845. The molecule has 3 aliphatic rings. The summed E-state index contributed by atoms with van der Waals surface area (Å²) in [5.41, 5.74) is 2.20. The van der Waals surface area contributed by atoms with Crippen molar-refractivity contribution in [1.82, 2.24) is 9.80 Å². The Morgan fingerprint density at radius 1 is 1.20 bits per heavy atom. The van der Waals surface area contributed by atoms with Crippen LogP contribution in [-0.2, 0) is 16.0 Å². The summed E-state index contributed by atoms with van der Waals surface area (Å²) in [5, 5.41) is 0. The number of aryl methyl sites for hydroxylation is 1. The van der Waals surface area contributed by atoms with Crippen molar-refractivity contribution in [2.45, 2.75) is 51.1 Å². The van der Waals surface area contributed by atoms with Crippen molar-refractivity contribution in [3.8, 4) is 0 Å². The lowest BCUT2D eigenvalue weighted by molar-refractivity contribution is -0.136. The third kappa shape index (κ3) is 3.17. The Bertz CT molecular complexity index is 675. The highest BCUT2D eigenvalue weighted by atomic mass is 16.2. The largest absolute Gasteiger partial charge is 0.337 e.